The van der Waals surface area contributed by atoms with Gasteiger partial charge in [-0.05, 0) is 37.7 Å². The van der Waals surface area contributed by atoms with E-state index in [-0.39, 0.29) is 25.8 Å². The molecule has 1 aromatic rings. The Labute approximate surface area is 223 Å². The molecule has 0 bridgehead atoms. The summed E-state index contributed by atoms with van der Waals surface area (Å²) in [4.78, 5) is 53.7. The van der Waals surface area contributed by atoms with E-state index < -0.39 is 76.2 Å². The lowest BCUT2D eigenvalue weighted by molar-refractivity contribution is -0.141. The maximum atomic E-state index is 13.3. The van der Waals surface area contributed by atoms with Gasteiger partial charge in [0, 0.05) is 12.6 Å². The van der Waals surface area contributed by atoms with Gasteiger partial charge in [-0.1, -0.05) is 44.2 Å². The van der Waals surface area contributed by atoms with Crippen LogP contribution in [0.3, 0.4) is 0 Å². The molecule has 0 aromatic heterocycles. The van der Waals surface area contributed by atoms with E-state index in [1.165, 1.54) is 4.90 Å². The van der Waals surface area contributed by atoms with Crippen molar-refractivity contribution >= 4 is 33.7 Å². The third-order valence-corrected chi connectivity index (χ3v) is 8.30. The van der Waals surface area contributed by atoms with Crippen molar-refractivity contribution < 1.29 is 32.7 Å². The number of hydrogen-bond donors (Lipinski definition) is 5. The van der Waals surface area contributed by atoms with Gasteiger partial charge in [0.15, 0.2) is 0 Å². The molecule has 2 heterocycles. The van der Waals surface area contributed by atoms with Crippen molar-refractivity contribution in [3.05, 3.63) is 35.9 Å². The molecular weight excluding hydrogens is 514 g/mol. The monoisotopic (exact) mass is 551 g/mol. The van der Waals surface area contributed by atoms with E-state index in [0.29, 0.717) is 12.8 Å². The molecule has 38 heavy (non-hydrogen) atoms. The van der Waals surface area contributed by atoms with Crippen molar-refractivity contribution in [1.82, 2.24) is 25.6 Å². The summed E-state index contributed by atoms with van der Waals surface area (Å²) < 4.78 is 28.9. The zero-order valence-electron chi connectivity index (χ0n) is 21.7. The lowest BCUT2D eigenvalue weighted by Crippen LogP contribution is -2.60. The zero-order valence-corrected chi connectivity index (χ0v) is 22.5. The summed E-state index contributed by atoms with van der Waals surface area (Å²) in [6.07, 6.45) is 1.46. The maximum Gasteiger partial charge on any atom is 0.245 e. The molecule has 2 saturated heterocycles. The summed E-state index contributed by atoms with van der Waals surface area (Å²) in [6.45, 7) is 2.92. The van der Waals surface area contributed by atoms with Crippen LogP contribution in [0.4, 0.5) is 0 Å². The van der Waals surface area contributed by atoms with Crippen LogP contribution in [-0.2, 0) is 35.6 Å². The van der Waals surface area contributed by atoms with Crippen LogP contribution in [0.25, 0.3) is 0 Å². The summed E-state index contributed by atoms with van der Waals surface area (Å²) in [7, 11) is -4.09. The topological polar surface area (TPSA) is 174 Å². The molecule has 13 heteroatoms. The largest absolute Gasteiger partial charge is 0.394 e. The predicted octanol–water partition coefficient (Wildman–Crippen LogP) is -1.21. The molecular formula is C25H37N5O7S. The average Bonchev–Trinajstić information content (AvgIpc) is 3.38. The molecule has 12 nitrogen and oxygen atoms in total. The van der Waals surface area contributed by atoms with E-state index in [0.717, 1.165) is 5.56 Å². The highest BCUT2D eigenvalue weighted by atomic mass is 32.2. The van der Waals surface area contributed by atoms with E-state index >= 15 is 0 Å². The van der Waals surface area contributed by atoms with Crippen LogP contribution in [0.2, 0.25) is 0 Å². The summed E-state index contributed by atoms with van der Waals surface area (Å²) >= 11 is 0. The molecule has 210 valence electrons. The Kier molecular flexibility index (Phi) is 10.2. The van der Waals surface area contributed by atoms with Gasteiger partial charge in [-0.15, -0.1) is 0 Å². The number of hydrogen-bond acceptors (Lipinski definition) is 7. The molecule has 1 aromatic carbocycles. The second-order valence-electron chi connectivity index (χ2n) is 9.66. The summed E-state index contributed by atoms with van der Waals surface area (Å²) in [5.41, 5.74) is 0.767. The Morgan fingerprint density at radius 3 is 2.16 bits per heavy atom. The first-order chi connectivity index (χ1) is 18.1. The van der Waals surface area contributed by atoms with E-state index in [1.807, 2.05) is 6.07 Å². The standard InChI is InChI=1S/C25H37N5O7S/c1-3-18-22(32)28-20(14-31)23(33)26-17(13-16-9-6-5-7-10-16)15-38(36,37)29-19(4-2)25(35)30-12-8-11-21(30)24(34)27-18/h5-7,9-10,17-21,29,31H,3-4,8,11-15H2,1-2H3,(H,26,33)(H,27,34)(H,28,32)/t17-,18+,19-,20-,21-/m0/s1. The van der Waals surface area contributed by atoms with E-state index in [1.54, 1.807) is 38.1 Å². The quantitative estimate of drug-likeness (QED) is 0.305. The Hall–Kier alpha value is -3.03. The Morgan fingerprint density at radius 2 is 1.53 bits per heavy atom. The van der Waals surface area contributed by atoms with Gasteiger partial charge in [0.25, 0.3) is 0 Å². The second kappa shape index (κ2) is 13.2. The Balaban J connectivity index is 1.97. The van der Waals surface area contributed by atoms with Gasteiger partial charge in [-0.25, -0.2) is 13.1 Å². The molecule has 0 aliphatic carbocycles. The molecule has 0 radical (unpaired) electrons. The van der Waals surface area contributed by atoms with Crippen molar-refractivity contribution in [2.75, 3.05) is 18.9 Å². The van der Waals surface area contributed by atoms with Gasteiger partial charge in [-0.2, -0.15) is 0 Å². The van der Waals surface area contributed by atoms with Crippen LogP contribution in [0.1, 0.15) is 45.1 Å². The first kappa shape index (κ1) is 29.5. The highest BCUT2D eigenvalue weighted by molar-refractivity contribution is 7.89. The molecule has 2 fully saturated rings. The number of fused-ring (bicyclic) bond motifs is 1. The van der Waals surface area contributed by atoms with Crippen LogP contribution in [0.15, 0.2) is 30.3 Å². The minimum absolute atomic E-state index is 0.158. The molecule has 0 spiro atoms. The van der Waals surface area contributed by atoms with Gasteiger partial charge in [0.2, 0.25) is 33.7 Å². The number of aliphatic hydroxyl groups is 1. The zero-order chi connectivity index (χ0) is 27.9. The number of carbonyl (C=O) groups is 4. The summed E-state index contributed by atoms with van der Waals surface area (Å²) in [5, 5.41) is 17.6. The van der Waals surface area contributed by atoms with Gasteiger partial charge in [0.1, 0.15) is 24.2 Å². The number of nitrogens with one attached hydrogen (secondary N) is 4. The molecule has 0 saturated carbocycles. The normalized spacial score (nSPS) is 29.2. The number of amides is 4. The molecule has 0 unspecified atom stereocenters. The third-order valence-electron chi connectivity index (χ3n) is 6.82. The van der Waals surface area contributed by atoms with Crippen LogP contribution >= 0.6 is 0 Å². The fourth-order valence-electron chi connectivity index (χ4n) is 4.78. The van der Waals surface area contributed by atoms with Crippen LogP contribution < -0.4 is 20.7 Å². The summed E-state index contributed by atoms with van der Waals surface area (Å²) in [6, 6.07) is 3.75. The van der Waals surface area contributed by atoms with E-state index in [2.05, 4.69) is 20.7 Å². The van der Waals surface area contributed by atoms with Crippen molar-refractivity contribution in [3.63, 3.8) is 0 Å². The molecule has 4 amide bonds. The highest BCUT2D eigenvalue weighted by Crippen LogP contribution is 2.20. The minimum Gasteiger partial charge on any atom is -0.394 e. The number of aliphatic hydroxyl groups excluding tert-OH is 1. The van der Waals surface area contributed by atoms with E-state index in [4.69, 9.17) is 0 Å². The van der Waals surface area contributed by atoms with Gasteiger partial charge >= 0.3 is 0 Å². The third kappa shape index (κ3) is 7.51. The lowest BCUT2D eigenvalue weighted by atomic mass is 10.1. The van der Waals surface area contributed by atoms with E-state index in [9.17, 15) is 32.7 Å². The number of rotatable bonds is 5. The van der Waals surface area contributed by atoms with Crippen LogP contribution in [0, 0.1) is 0 Å². The number of nitrogens with zero attached hydrogens (tertiary/aromatic N) is 1. The fraction of sp³-hybridized carbons (Fsp3) is 0.600. The van der Waals surface area contributed by atoms with Crippen LogP contribution in [0.5, 0.6) is 0 Å². The number of benzene rings is 1. The lowest BCUT2D eigenvalue weighted by Gasteiger charge is -2.30. The van der Waals surface area contributed by atoms with Gasteiger partial charge in [-0.3, -0.25) is 19.2 Å². The molecule has 5 N–H and O–H groups in total. The van der Waals surface area contributed by atoms with Crippen LogP contribution in [-0.4, -0.2) is 91.2 Å². The second-order valence-corrected chi connectivity index (χ2v) is 11.5. The van der Waals surface area contributed by atoms with Crippen molar-refractivity contribution in [2.45, 2.75) is 76.2 Å². The number of sulfonamides is 1. The minimum atomic E-state index is -4.09. The fourth-order valence-corrected chi connectivity index (χ4v) is 6.31. The summed E-state index contributed by atoms with van der Waals surface area (Å²) in [5.74, 6) is -3.02. The first-order valence-electron chi connectivity index (χ1n) is 12.9. The average molecular weight is 552 g/mol. The molecule has 2 aliphatic heterocycles. The van der Waals surface area contributed by atoms with Crippen molar-refractivity contribution in [3.8, 4) is 0 Å². The van der Waals surface area contributed by atoms with Crippen molar-refractivity contribution in [2.24, 2.45) is 0 Å². The molecule has 3 rings (SSSR count). The Bertz CT molecular complexity index is 1110. The highest BCUT2D eigenvalue weighted by Gasteiger charge is 2.39. The number of carbonyl (C=O) groups excluding carboxylic acids is 4. The van der Waals surface area contributed by atoms with Crippen molar-refractivity contribution in [1.29, 1.82) is 0 Å². The smallest absolute Gasteiger partial charge is 0.245 e. The molecule has 2 aliphatic rings. The SMILES string of the molecule is CC[C@@H]1NS(=O)(=O)C[C@H](Cc2ccccc2)NC(=O)[C@H](CO)NC(=O)[C@@H](CC)NC(=O)[C@@H]2CCCN2C1=O. The predicted molar refractivity (Wildman–Crippen MR) is 139 cm³/mol. The first-order valence-corrected chi connectivity index (χ1v) is 14.6. The van der Waals surface area contributed by atoms with Gasteiger partial charge in [0.05, 0.1) is 12.4 Å². The van der Waals surface area contributed by atoms with Gasteiger partial charge < -0.3 is 26.0 Å². The molecule has 5 atom stereocenters. The maximum absolute atomic E-state index is 13.3. The Morgan fingerprint density at radius 1 is 0.895 bits per heavy atom.